The van der Waals surface area contributed by atoms with Crippen LogP contribution in [0.1, 0.15) is 18.4 Å². The second-order valence-electron chi connectivity index (χ2n) is 3.96. The SMILES string of the molecule is COCCCCS(=O)c1ccc(CC(=O)O)cc1. The van der Waals surface area contributed by atoms with Gasteiger partial charge >= 0.3 is 5.97 Å². The Morgan fingerprint density at radius 3 is 2.50 bits per heavy atom. The summed E-state index contributed by atoms with van der Waals surface area (Å²) in [4.78, 5) is 11.3. The van der Waals surface area contributed by atoms with E-state index in [1.165, 1.54) is 0 Å². The number of hydrogen-bond acceptors (Lipinski definition) is 3. The number of rotatable bonds is 8. The highest BCUT2D eigenvalue weighted by Crippen LogP contribution is 2.11. The number of methoxy groups -OCH3 is 1. The first-order valence-corrected chi connectivity index (χ1v) is 7.13. The lowest BCUT2D eigenvalue weighted by molar-refractivity contribution is -0.136. The number of carbonyl (C=O) groups is 1. The third-order valence-corrected chi connectivity index (χ3v) is 3.93. The number of hydrogen-bond donors (Lipinski definition) is 1. The smallest absolute Gasteiger partial charge is 0.307 e. The molecule has 0 spiro atoms. The van der Waals surface area contributed by atoms with Crippen LogP contribution in [0.5, 0.6) is 0 Å². The zero-order valence-electron chi connectivity index (χ0n) is 10.4. The molecule has 1 aromatic rings. The summed E-state index contributed by atoms with van der Waals surface area (Å²) in [7, 11) is 0.640. The number of aliphatic carboxylic acids is 1. The molecule has 0 saturated carbocycles. The molecule has 0 aliphatic rings. The minimum atomic E-state index is -1.01. The van der Waals surface area contributed by atoms with Gasteiger partial charge in [0.05, 0.1) is 17.2 Å². The fourth-order valence-corrected chi connectivity index (χ4v) is 2.67. The van der Waals surface area contributed by atoms with Crippen LogP contribution in [-0.4, -0.2) is 34.8 Å². The Kier molecular flexibility index (Phi) is 6.60. The highest BCUT2D eigenvalue weighted by Gasteiger charge is 2.05. The van der Waals surface area contributed by atoms with Crippen LogP contribution in [0.3, 0.4) is 0 Å². The van der Waals surface area contributed by atoms with E-state index < -0.39 is 16.8 Å². The van der Waals surface area contributed by atoms with Crippen molar-refractivity contribution in [2.45, 2.75) is 24.2 Å². The molecule has 1 unspecified atom stereocenters. The van der Waals surface area contributed by atoms with Gasteiger partial charge in [-0.15, -0.1) is 0 Å². The molecule has 0 heterocycles. The Labute approximate surface area is 109 Å². The standard InChI is InChI=1S/C13H18O4S/c1-17-8-2-3-9-18(16)12-6-4-11(5-7-12)10-13(14)15/h4-7H,2-3,8-10H2,1H3,(H,14,15). The van der Waals surface area contributed by atoms with Gasteiger partial charge in [0.2, 0.25) is 0 Å². The number of carboxylic acids is 1. The Morgan fingerprint density at radius 1 is 1.28 bits per heavy atom. The van der Waals surface area contributed by atoms with Gasteiger partial charge in [0, 0.05) is 24.4 Å². The van der Waals surface area contributed by atoms with Crippen molar-refractivity contribution in [3.05, 3.63) is 29.8 Å². The monoisotopic (exact) mass is 270 g/mol. The Hall–Kier alpha value is -1.20. The van der Waals surface area contributed by atoms with Crippen LogP contribution < -0.4 is 0 Å². The fraction of sp³-hybridized carbons (Fsp3) is 0.462. The normalized spacial score (nSPS) is 12.3. The zero-order chi connectivity index (χ0) is 13.4. The number of benzene rings is 1. The van der Waals surface area contributed by atoms with Gasteiger partial charge in [-0.05, 0) is 30.5 Å². The lowest BCUT2D eigenvalue weighted by Gasteiger charge is -2.03. The zero-order valence-corrected chi connectivity index (χ0v) is 11.2. The van der Waals surface area contributed by atoms with Crippen LogP contribution in [0.25, 0.3) is 0 Å². The summed E-state index contributed by atoms with van der Waals surface area (Å²) in [6.45, 7) is 0.689. The third kappa shape index (κ3) is 5.42. The molecular formula is C13H18O4S. The van der Waals surface area contributed by atoms with E-state index in [2.05, 4.69) is 0 Å². The van der Waals surface area contributed by atoms with E-state index in [4.69, 9.17) is 9.84 Å². The maximum atomic E-state index is 11.9. The van der Waals surface area contributed by atoms with Crippen LogP contribution in [0.2, 0.25) is 0 Å². The lowest BCUT2D eigenvalue weighted by Crippen LogP contribution is -2.02. The lowest BCUT2D eigenvalue weighted by atomic mass is 10.2. The van der Waals surface area contributed by atoms with Crippen molar-refractivity contribution >= 4 is 16.8 Å². The molecular weight excluding hydrogens is 252 g/mol. The van der Waals surface area contributed by atoms with Crippen molar-refractivity contribution in [2.24, 2.45) is 0 Å². The first-order valence-electron chi connectivity index (χ1n) is 5.81. The van der Waals surface area contributed by atoms with Crippen LogP contribution in [0.15, 0.2) is 29.2 Å². The molecule has 100 valence electrons. The molecule has 0 amide bonds. The summed E-state index contributed by atoms with van der Waals surface area (Å²) in [6.07, 6.45) is 1.76. The highest BCUT2D eigenvalue weighted by molar-refractivity contribution is 7.85. The molecule has 1 aromatic carbocycles. The van der Waals surface area contributed by atoms with Crippen molar-refractivity contribution in [3.8, 4) is 0 Å². The largest absolute Gasteiger partial charge is 0.481 e. The van der Waals surface area contributed by atoms with Gasteiger partial charge in [-0.2, -0.15) is 0 Å². The number of unbranched alkanes of at least 4 members (excludes halogenated alkanes) is 1. The van der Waals surface area contributed by atoms with Gasteiger partial charge in [0.1, 0.15) is 0 Å². The molecule has 0 bridgehead atoms. The predicted octanol–water partition coefficient (Wildman–Crippen LogP) is 1.85. The number of carboxylic acid groups (broad SMARTS) is 1. The first kappa shape index (κ1) is 14.9. The van der Waals surface area contributed by atoms with Gasteiger partial charge in [-0.1, -0.05) is 12.1 Å². The summed E-state index contributed by atoms with van der Waals surface area (Å²) in [6, 6.07) is 6.92. The average Bonchev–Trinajstić information content (AvgIpc) is 2.34. The topological polar surface area (TPSA) is 63.6 Å². The first-order chi connectivity index (χ1) is 8.63. The van der Waals surface area contributed by atoms with E-state index in [9.17, 15) is 9.00 Å². The van der Waals surface area contributed by atoms with Crippen molar-refractivity contribution < 1.29 is 18.8 Å². The van der Waals surface area contributed by atoms with Crippen LogP contribution in [0, 0.1) is 0 Å². The molecule has 0 aliphatic heterocycles. The molecule has 1 rings (SSSR count). The van der Waals surface area contributed by atoms with Crippen LogP contribution in [-0.2, 0) is 26.8 Å². The molecule has 0 fully saturated rings. The molecule has 5 heteroatoms. The van der Waals surface area contributed by atoms with Gasteiger partial charge in [0.15, 0.2) is 0 Å². The molecule has 0 aromatic heterocycles. The van der Waals surface area contributed by atoms with E-state index in [-0.39, 0.29) is 6.42 Å². The predicted molar refractivity (Wildman–Crippen MR) is 70.2 cm³/mol. The average molecular weight is 270 g/mol. The van der Waals surface area contributed by atoms with Crippen molar-refractivity contribution in [2.75, 3.05) is 19.5 Å². The van der Waals surface area contributed by atoms with Crippen LogP contribution in [0.4, 0.5) is 0 Å². The van der Waals surface area contributed by atoms with Crippen molar-refractivity contribution in [1.82, 2.24) is 0 Å². The van der Waals surface area contributed by atoms with Gasteiger partial charge in [0.25, 0.3) is 0 Å². The van der Waals surface area contributed by atoms with Gasteiger partial charge in [-0.25, -0.2) is 0 Å². The van der Waals surface area contributed by atoms with E-state index in [1.807, 2.05) is 0 Å². The number of ether oxygens (including phenoxy) is 1. The fourth-order valence-electron chi connectivity index (χ4n) is 1.53. The maximum absolute atomic E-state index is 11.9. The molecule has 0 saturated heterocycles. The molecule has 0 aliphatic carbocycles. The summed E-state index contributed by atoms with van der Waals surface area (Å²) < 4.78 is 16.8. The van der Waals surface area contributed by atoms with E-state index >= 15 is 0 Å². The Morgan fingerprint density at radius 2 is 1.94 bits per heavy atom. The summed E-state index contributed by atoms with van der Waals surface area (Å²) in [5.74, 6) is -0.245. The molecule has 4 nitrogen and oxygen atoms in total. The third-order valence-electron chi connectivity index (χ3n) is 2.47. The molecule has 18 heavy (non-hydrogen) atoms. The van der Waals surface area contributed by atoms with E-state index in [0.29, 0.717) is 12.4 Å². The summed E-state index contributed by atoms with van der Waals surface area (Å²) in [5.41, 5.74) is 0.725. The Bertz CT molecular complexity index is 400. The maximum Gasteiger partial charge on any atom is 0.307 e. The van der Waals surface area contributed by atoms with Crippen LogP contribution >= 0.6 is 0 Å². The minimum absolute atomic E-state index is 0.000748. The van der Waals surface area contributed by atoms with Crippen molar-refractivity contribution in [3.63, 3.8) is 0 Å². The second-order valence-corrected chi connectivity index (χ2v) is 5.53. The van der Waals surface area contributed by atoms with Gasteiger partial charge < -0.3 is 9.84 Å². The van der Waals surface area contributed by atoms with E-state index in [0.717, 1.165) is 23.3 Å². The summed E-state index contributed by atoms with van der Waals surface area (Å²) >= 11 is 0. The molecule has 0 radical (unpaired) electrons. The van der Waals surface area contributed by atoms with Crippen molar-refractivity contribution in [1.29, 1.82) is 0 Å². The highest BCUT2D eigenvalue weighted by atomic mass is 32.2. The summed E-state index contributed by atoms with van der Waals surface area (Å²) in [5, 5.41) is 8.64. The quantitative estimate of drug-likeness (QED) is 0.732. The Balaban J connectivity index is 2.46. The minimum Gasteiger partial charge on any atom is -0.481 e. The van der Waals surface area contributed by atoms with E-state index in [1.54, 1.807) is 31.4 Å². The molecule has 1 N–H and O–H groups in total. The van der Waals surface area contributed by atoms with Gasteiger partial charge in [-0.3, -0.25) is 9.00 Å². The second kappa shape index (κ2) is 8.00. The molecule has 1 atom stereocenters.